The highest BCUT2D eigenvalue weighted by Crippen LogP contribution is 2.38. The number of aromatic nitrogens is 2. The molecule has 0 bridgehead atoms. The maximum atomic E-state index is 10.7. The second-order valence-corrected chi connectivity index (χ2v) is 5.19. The topological polar surface area (TPSA) is 41.3 Å². The number of piperidine rings is 1. The van der Waals surface area contributed by atoms with E-state index in [9.17, 15) is 5.11 Å². The molecule has 1 aromatic rings. The van der Waals surface area contributed by atoms with Crippen molar-refractivity contribution in [2.75, 3.05) is 13.1 Å². The molecular formula is C12H19N3O. The average molecular weight is 221 g/mol. The van der Waals surface area contributed by atoms with Gasteiger partial charge in [-0.25, -0.2) is 0 Å². The minimum Gasteiger partial charge on any atom is -0.383 e. The number of nitrogens with zero attached hydrogens (tertiary/aromatic N) is 3. The molecule has 3 rings (SSSR count). The summed E-state index contributed by atoms with van der Waals surface area (Å²) in [5.74, 6) is 0. The number of hydrogen-bond acceptors (Lipinski definition) is 3. The van der Waals surface area contributed by atoms with Crippen molar-refractivity contribution >= 4 is 0 Å². The lowest BCUT2D eigenvalue weighted by Crippen LogP contribution is -2.46. The molecule has 4 heteroatoms. The third kappa shape index (κ3) is 1.57. The van der Waals surface area contributed by atoms with Crippen LogP contribution in [-0.2, 0) is 12.6 Å². The summed E-state index contributed by atoms with van der Waals surface area (Å²) in [4.78, 5) is 2.51. The largest absolute Gasteiger partial charge is 0.383 e. The van der Waals surface area contributed by atoms with Crippen molar-refractivity contribution in [2.45, 2.75) is 37.3 Å². The van der Waals surface area contributed by atoms with E-state index in [4.69, 9.17) is 0 Å². The minimum atomic E-state index is -0.688. The summed E-state index contributed by atoms with van der Waals surface area (Å²) in [7, 11) is 1.90. The lowest BCUT2D eigenvalue weighted by Gasteiger charge is -2.39. The fraction of sp³-hybridized carbons (Fsp3) is 0.750. The molecule has 2 saturated heterocycles. The molecule has 0 radical (unpaired) electrons. The zero-order valence-corrected chi connectivity index (χ0v) is 9.76. The van der Waals surface area contributed by atoms with Crippen molar-refractivity contribution in [1.29, 1.82) is 0 Å². The Balaban J connectivity index is 1.83. The SMILES string of the molecule is Cn1ccc(C2(O)CCN3CCCC3C2)n1. The van der Waals surface area contributed by atoms with E-state index in [1.807, 2.05) is 19.3 Å². The standard InChI is InChI=1S/C12H19N3O/c1-14-7-4-11(13-14)12(16)5-8-15-6-2-3-10(15)9-12/h4,7,10,16H,2-3,5-6,8-9H2,1H3. The fourth-order valence-corrected chi connectivity index (χ4v) is 3.14. The molecule has 16 heavy (non-hydrogen) atoms. The number of aryl methyl sites for hydroxylation is 1. The lowest BCUT2D eigenvalue weighted by molar-refractivity contribution is -0.0444. The van der Waals surface area contributed by atoms with Gasteiger partial charge in [0.2, 0.25) is 0 Å². The van der Waals surface area contributed by atoms with Crippen LogP contribution in [0.4, 0.5) is 0 Å². The Bertz CT molecular complexity index is 389. The first-order valence-corrected chi connectivity index (χ1v) is 6.14. The van der Waals surface area contributed by atoms with Crippen LogP contribution in [0.5, 0.6) is 0 Å². The molecule has 1 aromatic heterocycles. The quantitative estimate of drug-likeness (QED) is 0.765. The van der Waals surface area contributed by atoms with Gasteiger partial charge in [0.05, 0.1) is 5.69 Å². The zero-order chi connectivity index (χ0) is 11.2. The van der Waals surface area contributed by atoms with Gasteiger partial charge in [0.25, 0.3) is 0 Å². The van der Waals surface area contributed by atoms with Crippen LogP contribution in [0.1, 0.15) is 31.4 Å². The normalized spacial score (nSPS) is 35.2. The van der Waals surface area contributed by atoms with E-state index in [1.165, 1.54) is 19.4 Å². The molecule has 0 amide bonds. The zero-order valence-electron chi connectivity index (χ0n) is 9.76. The molecule has 3 heterocycles. The van der Waals surface area contributed by atoms with Gasteiger partial charge in [-0.15, -0.1) is 0 Å². The number of rotatable bonds is 1. The van der Waals surface area contributed by atoms with Gasteiger partial charge >= 0.3 is 0 Å². The van der Waals surface area contributed by atoms with Gasteiger partial charge in [-0.3, -0.25) is 4.68 Å². The summed E-state index contributed by atoms with van der Waals surface area (Å²) in [6, 6.07) is 2.52. The Morgan fingerprint density at radius 3 is 3.12 bits per heavy atom. The molecule has 2 fully saturated rings. The van der Waals surface area contributed by atoms with Crippen LogP contribution >= 0.6 is 0 Å². The summed E-state index contributed by atoms with van der Waals surface area (Å²) >= 11 is 0. The van der Waals surface area contributed by atoms with Gasteiger partial charge in [0.15, 0.2) is 0 Å². The molecule has 1 N–H and O–H groups in total. The van der Waals surface area contributed by atoms with Crippen molar-refractivity contribution < 1.29 is 5.11 Å². The van der Waals surface area contributed by atoms with Crippen LogP contribution in [0.3, 0.4) is 0 Å². The molecule has 0 aromatic carbocycles. The first-order valence-electron chi connectivity index (χ1n) is 6.14. The van der Waals surface area contributed by atoms with Gasteiger partial charge in [-0.05, 0) is 38.3 Å². The smallest absolute Gasteiger partial charge is 0.111 e. The first kappa shape index (κ1) is 10.3. The summed E-state index contributed by atoms with van der Waals surface area (Å²) in [6.07, 6.45) is 6.09. The minimum absolute atomic E-state index is 0.570. The first-order chi connectivity index (χ1) is 7.67. The van der Waals surface area contributed by atoms with Crippen molar-refractivity contribution in [1.82, 2.24) is 14.7 Å². The highest BCUT2D eigenvalue weighted by molar-refractivity contribution is 5.13. The average Bonchev–Trinajstić information content (AvgIpc) is 2.85. The monoisotopic (exact) mass is 221 g/mol. The summed E-state index contributed by atoms with van der Waals surface area (Å²) < 4.78 is 1.77. The van der Waals surface area contributed by atoms with Crippen molar-refractivity contribution in [3.8, 4) is 0 Å². The molecule has 2 atom stereocenters. The van der Waals surface area contributed by atoms with E-state index in [-0.39, 0.29) is 0 Å². The highest BCUT2D eigenvalue weighted by Gasteiger charge is 2.42. The maximum Gasteiger partial charge on any atom is 0.111 e. The lowest BCUT2D eigenvalue weighted by atomic mass is 9.84. The summed E-state index contributed by atoms with van der Waals surface area (Å²) in [5, 5.41) is 15.1. The summed E-state index contributed by atoms with van der Waals surface area (Å²) in [6.45, 7) is 2.22. The predicted molar refractivity (Wildman–Crippen MR) is 60.9 cm³/mol. The second-order valence-electron chi connectivity index (χ2n) is 5.19. The van der Waals surface area contributed by atoms with Crippen molar-refractivity contribution in [3.63, 3.8) is 0 Å². The van der Waals surface area contributed by atoms with E-state index < -0.39 is 5.60 Å². The summed E-state index contributed by atoms with van der Waals surface area (Å²) in [5.41, 5.74) is 0.161. The van der Waals surface area contributed by atoms with E-state index in [0.717, 1.165) is 25.1 Å². The van der Waals surface area contributed by atoms with E-state index >= 15 is 0 Å². The number of aliphatic hydroxyl groups is 1. The Hall–Kier alpha value is -0.870. The van der Waals surface area contributed by atoms with Crippen LogP contribution in [0, 0.1) is 0 Å². The molecular weight excluding hydrogens is 202 g/mol. The van der Waals surface area contributed by atoms with Gasteiger partial charge < -0.3 is 10.0 Å². The molecule has 0 aliphatic carbocycles. The molecule has 88 valence electrons. The second kappa shape index (κ2) is 3.57. The van der Waals surface area contributed by atoms with Crippen LogP contribution in [0.2, 0.25) is 0 Å². The molecule has 2 aliphatic rings. The Kier molecular flexibility index (Phi) is 2.30. The molecule has 0 saturated carbocycles. The predicted octanol–water partition coefficient (Wildman–Crippen LogP) is 0.866. The van der Waals surface area contributed by atoms with Gasteiger partial charge in [0.1, 0.15) is 5.60 Å². The van der Waals surface area contributed by atoms with Crippen LogP contribution in [0.15, 0.2) is 12.3 Å². The Morgan fingerprint density at radius 1 is 1.50 bits per heavy atom. The Labute approximate surface area is 95.9 Å². The number of fused-ring (bicyclic) bond motifs is 1. The molecule has 0 spiro atoms. The fourth-order valence-electron chi connectivity index (χ4n) is 3.14. The van der Waals surface area contributed by atoms with Gasteiger partial charge in [-0.2, -0.15) is 5.10 Å². The molecule has 4 nitrogen and oxygen atoms in total. The van der Waals surface area contributed by atoms with Crippen LogP contribution in [-0.4, -0.2) is 38.9 Å². The van der Waals surface area contributed by atoms with Crippen LogP contribution in [0.25, 0.3) is 0 Å². The van der Waals surface area contributed by atoms with Gasteiger partial charge in [0, 0.05) is 25.8 Å². The van der Waals surface area contributed by atoms with E-state index in [1.54, 1.807) is 4.68 Å². The highest BCUT2D eigenvalue weighted by atomic mass is 16.3. The van der Waals surface area contributed by atoms with Crippen molar-refractivity contribution in [2.24, 2.45) is 7.05 Å². The third-order valence-corrected chi connectivity index (χ3v) is 4.08. The third-order valence-electron chi connectivity index (χ3n) is 4.08. The number of hydrogen-bond donors (Lipinski definition) is 1. The van der Waals surface area contributed by atoms with E-state index in [2.05, 4.69) is 10.00 Å². The molecule has 2 aliphatic heterocycles. The van der Waals surface area contributed by atoms with E-state index in [0.29, 0.717) is 6.04 Å². The van der Waals surface area contributed by atoms with Crippen LogP contribution < -0.4 is 0 Å². The molecule has 2 unspecified atom stereocenters. The maximum absolute atomic E-state index is 10.7. The van der Waals surface area contributed by atoms with Gasteiger partial charge in [-0.1, -0.05) is 0 Å². The Morgan fingerprint density at radius 2 is 2.38 bits per heavy atom. The van der Waals surface area contributed by atoms with Crippen molar-refractivity contribution in [3.05, 3.63) is 18.0 Å².